The minimum atomic E-state index is -0.00988. The average molecular weight is 247 g/mol. The second kappa shape index (κ2) is 5.38. The van der Waals surface area contributed by atoms with Crippen molar-refractivity contribution in [1.82, 2.24) is 9.88 Å². The summed E-state index contributed by atoms with van der Waals surface area (Å²) in [7, 11) is 3.49. The molecule has 0 radical (unpaired) electrons. The van der Waals surface area contributed by atoms with E-state index in [-0.39, 0.29) is 5.91 Å². The topological polar surface area (TPSA) is 45.2 Å². The quantitative estimate of drug-likeness (QED) is 0.869. The predicted octanol–water partition coefficient (Wildman–Crippen LogP) is 2.38. The van der Waals surface area contributed by atoms with Gasteiger partial charge in [-0.05, 0) is 30.9 Å². The van der Waals surface area contributed by atoms with Crippen LogP contribution in [0.5, 0.6) is 0 Å². The van der Waals surface area contributed by atoms with E-state index in [1.807, 2.05) is 12.1 Å². The van der Waals surface area contributed by atoms with E-state index >= 15 is 0 Å². The summed E-state index contributed by atoms with van der Waals surface area (Å²) in [5, 5.41) is 3.41. The van der Waals surface area contributed by atoms with E-state index in [9.17, 15) is 4.79 Å². The Morgan fingerprint density at radius 1 is 1.50 bits per heavy atom. The Morgan fingerprint density at radius 2 is 2.28 bits per heavy atom. The molecule has 18 heavy (non-hydrogen) atoms. The summed E-state index contributed by atoms with van der Waals surface area (Å²) in [6, 6.07) is 4.29. The molecule has 1 aliphatic rings. The fourth-order valence-electron chi connectivity index (χ4n) is 2.17. The number of hydrogen-bond acceptors (Lipinski definition) is 3. The van der Waals surface area contributed by atoms with Crippen molar-refractivity contribution in [3.05, 3.63) is 23.9 Å². The molecule has 0 aromatic carbocycles. The van der Waals surface area contributed by atoms with E-state index in [0.717, 1.165) is 11.7 Å². The number of hydrogen-bond donors (Lipinski definition) is 1. The van der Waals surface area contributed by atoms with Crippen molar-refractivity contribution >= 4 is 11.7 Å². The molecule has 98 valence electrons. The van der Waals surface area contributed by atoms with Crippen molar-refractivity contribution in [3.63, 3.8) is 0 Å². The molecule has 0 spiro atoms. The van der Waals surface area contributed by atoms with E-state index in [4.69, 9.17) is 0 Å². The van der Waals surface area contributed by atoms with Crippen LogP contribution < -0.4 is 5.32 Å². The van der Waals surface area contributed by atoms with Gasteiger partial charge in [-0.2, -0.15) is 0 Å². The fraction of sp³-hybridized carbons (Fsp3) is 0.571. The Labute approximate surface area is 108 Å². The molecule has 2 unspecified atom stereocenters. The highest BCUT2D eigenvalue weighted by Gasteiger charge is 2.36. The van der Waals surface area contributed by atoms with Crippen LogP contribution in [0.4, 0.5) is 5.82 Å². The van der Waals surface area contributed by atoms with Gasteiger partial charge in [-0.1, -0.05) is 13.3 Å². The Hall–Kier alpha value is -1.58. The zero-order valence-electron chi connectivity index (χ0n) is 11.3. The SMILES string of the molecule is CCCC1CC1Nc1ccc(C(=O)N(C)C)cn1. The van der Waals surface area contributed by atoms with Crippen LogP contribution in [0.15, 0.2) is 18.3 Å². The molecule has 4 heteroatoms. The van der Waals surface area contributed by atoms with E-state index in [0.29, 0.717) is 11.6 Å². The second-order valence-electron chi connectivity index (χ2n) is 5.17. The van der Waals surface area contributed by atoms with Crippen molar-refractivity contribution in [3.8, 4) is 0 Å². The molecule has 0 bridgehead atoms. The molecule has 4 nitrogen and oxygen atoms in total. The van der Waals surface area contributed by atoms with Crippen LogP contribution in [0.25, 0.3) is 0 Å². The normalized spacial score (nSPS) is 21.5. The van der Waals surface area contributed by atoms with Crippen LogP contribution in [0.1, 0.15) is 36.5 Å². The van der Waals surface area contributed by atoms with Gasteiger partial charge in [-0.15, -0.1) is 0 Å². The van der Waals surface area contributed by atoms with E-state index in [1.54, 1.807) is 25.2 Å². The number of amides is 1. The lowest BCUT2D eigenvalue weighted by Crippen LogP contribution is -2.21. The van der Waals surface area contributed by atoms with Crippen molar-refractivity contribution in [2.24, 2.45) is 5.92 Å². The zero-order valence-corrected chi connectivity index (χ0v) is 11.3. The van der Waals surface area contributed by atoms with E-state index in [2.05, 4.69) is 17.2 Å². The summed E-state index contributed by atoms with van der Waals surface area (Å²) in [6.45, 7) is 2.22. The number of carbonyl (C=O) groups excluding carboxylic acids is 1. The smallest absolute Gasteiger partial charge is 0.254 e. The first kappa shape index (κ1) is 12.9. The number of nitrogens with zero attached hydrogens (tertiary/aromatic N) is 2. The van der Waals surface area contributed by atoms with Crippen molar-refractivity contribution in [1.29, 1.82) is 0 Å². The summed E-state index contributed by atoms with van der Waals surface area (Å²) in [5.74, 6) is 1.66. The summed E-state index contributed by atoms with van der Waals surface area (Å²) in [4.78, 5) is 17.5. The first-order valence-electron chi connectivity index (χ1n) is 6.56. The molecule has 0 aliphatic heterocycles. The molecular weight excluding hydrogens is 226 g/mol. The maximum Gasteiger partial charge on any atom is 0.254 e. The molecule has 1 N–H and O–H groups in total. The van der Waals surface area contributed by atoms with Gasteiger partial charge >= 0.3 is 0 Å². The molecule has 1 aromatic heterocycles. The number of nitrogens with one attached hydrogen (secondary N) is 1. The first-order chi connectivity index (χ1) is 8.61. The number of pyridine rings is 1. The standard InChI is InChI=1S/C14H21N3O/c1-4-5-10-8-12(10)16-13-7-6-11(9-15-13)14(18)17(2)3/h6-7,9-10,12H,4-5,8H2,1-3H3,(H,15,16). The Kier molecular flexibility index (Phi) is 3.84. The van der Waals surface area contributed by atoms with Gasteiger partial charge in [0, 0.05) is 26.3 Å². The van der Waals surface area contributed by atoms with Crippen molar-refractivity contribution in [2.75, 3.05) is 19.4 Å². The molecule has 2 rings (SSSR count). The van der Waals surface area contributed by atoms with E-state index in [1.165, 1.54) is 19.3 Å². The predicted molar refractivity (Wildman–Crippen MR) is 72.7 cm³/mol. The molecule has 1 aliphatic carbocycles. The van der Waals surface area contributed by atoms with Gasteiger partial charge in [0.1, 0.15) is 5.82 Å². The van der Waals surface area contributed by atoms with Gasteiger partial charge in [-0.3, -0.25) is 4.79 Å². The molecule has 1 fully saturated rings. The minimum absolute atomic E-state index is 0.00988. The Balaban J connectivity index is 1.91. The van der Waals surface area contributed by atoms with Gasteiger partial charge < -0.3 is 10.2 Å². The highest BCUT2D eigenvalue weighted by Crippen LogP contribution is 2.36. The highest BCUT2D eigenvalue weighted by atomic mass is 16.2. The molecule has 0 saturated heterocycles. The molecular formula is C14H21N3O. The van der Waals surface area contributed by atoms with Crippen molar-refractivity contribution in [2.45, 2.75) is 32.2 Å². The number of carbonyl (C=O) groups is 1. The molecule has 1 saturated carbocycles. The summed E-state index contributed by atoms with van der Waals surface area (Å²) < 4.78 is 0. The largest absolute Gasteiger partial charge is 0.367 e. The van der Waals surface area contributed by atoms with Gasteiger partial charge in [0.05, 0.1) is 5.56 Å². The lowest BCUT2D eigenvalue weighted by molar-refractivity contribution is 0.0827. The lowest BCUT2D eigenvalue weighted by Gasteiger charge is -2.10. The van der Waals surface area contributed by atoms with E-state index < -0.39 is 0 Å². The van der Waals surface area contributed by atoms with Crippen LogP contribution in [0, 0.1) is 5.92 Å². The minimum Gasteiger partial charge on any atom is -0.367 e. The summed E-state index contributed by atoms with van der Waals surface area (Å²) in [5.41, 5.74) is 0.631. The first-order valence-corrected chi connectivity index (χ1v) is 6.56. The fourth-order valence-corrected chi connectivity index (χ4v) is 2.17. The van der Waals surface area contributed by atoms with Crippen LogP contribution in [-0.4, -0.2) is 35.9 Å². The third-order valence-electron chi connectivity index (χ3n) is 3.33. The summed E-state index contributed by atoms with van der Waals surface area (Å²) >= 11 is 0. The monoisotopic (exact) mass is 247 g/mol. The number of rotatable bonds is 5. The Morgan fingerprint density at radius 3 is 2.83 bits per heavy atom. The van der Waals surface area contributed by atoms with Gasteiger partial charge in [-0.25, -0.2) is 4.98 Å². The maximum absolute atomic E-state index is 11.7. The van der Waals surface area contributed by atoms with Crippen LogP contribution in [-0.2, 0) is 0 Å². The number of anilines is 1. The maximum atomic E-state index is 11.7. The third-order valence-corrected chi connectivity index (χ3v) is 3.33. The van der Waals surface area contributed by atoms with Crippen LogP contribution >= 0.6 is 0 Å². The van der Waals surface area contributed by atoms with Crippen LogP contribution in [0.3, 0.4) is 0 Å². The third kappa shape index (κ3) is 3.00. The van der Waals surface area contributed by atoms with Crippen LogP contribution in [0.2, 0.25) is 0 Å². The highest BCUT2D eigenvalue weighted by molar-refractivity contribution is 5.93. The number of aromatic nitrogens is 1. The Bertz CT molecular complexity index is 414. The van der Waals surface area contributed by atoms with Gasteiger partial charge in [0.15, 0.2) is 0 Å². The summed E-state index contributed by atoms with van der Waals surface area (Å²) in [6.07, 6.45) is 5.41. The lowest BCUT2D eigenvalue weighted by atomic mass is 10.2. The zero-order chi connectivity index (χ0) is 13.1. The average Bonchev–Trinajstić information content (AvgIpc) is 3.08. The van der Waals surface area contributed by atoms with Gasteiger partial charge in [0.2, 0.25) is 0 Å². The molecule has 2 atom stereocenters. The molecule has 1 aromatic rings. The molecule has 1 amide bonds. The van der Waals surface area contributed by atoms with Crippen molar-refractivity contribution < 1.29 is 4.79 Å². The van der Waals surface area contributed by atoms with Gasteiger partial charge in [0.25, 0.3) is 5.91 Å². The second-order valence-corrected chi connectivity index (χ2v) is 5.17. The molecule has 1 heterocycles.